The van der Waals surface area contributed by atoms with Gasteiger partial charge in [-0.2, -0.15) is 10.2 Å². The van der Waals surface area contributed by atoms with Gasteiger partial charge in [0.1, 0.15) is 22.7 Å². The van der Waals surface area contributed by atoms with Gasteiger partial charge < -0.3 is 21.1 Å². The molecule has 0 saturated heterocycles. The molecule has 0 unspecified atom stereocenters. The number of primary amides is 1. The van der Waals surface area contributed by atoms with Crippen molar-refractivity contribution in [3.05, 3.63) is 53.9 Å². The molecule has 0 radical (unpaired) electrons. The van der Waals surface area contributed by atoms with Gasteiger partial charge in [0.15, 0.2) is 0 Å². The molecule has 2 amide bonds. The van der Waals surface area contributed by atoms with E-state index in [1.807, 2.05) is 57.3 Å². The topological polar surface area (TPSA) is 134 Å². The predicted octanol–water partition coefficient (Wildman–Crippen LogP) is 4.07. The van der Waals surface area contributed by atoms with Crippen molar-refractivity contribution >= 4 is 17.8 Å². The quantitative estimate of drug-likeness (QED) is 0.472. The van der Waals surface area contributed by atoms with E-state index in [0.717, 1.165) is 24.8 Å². The van der Waals surface area contributed by atoms with Gasteiger partial charge in [-0.1, -0.05) is 37.3 Å². The number of benzene rings is 1. The van der Waals surface area contributed by atoms with Gasteiger partial charge in [0.05, 0.1) is 18.8 Å². The molecule has 198 valence electrons. The summed E-state index contributed by atoms with van der Waals surface area (Å²) >= 11 is 0. The van der Waals surface area contributed by atoms with Gasteiger partial charge in [0.2, 0.25) is 0 Å². The van der Waals surface area contributed by atoms with Gasteiger partial charge in [-0.15, -0.1) is 0 Å². The number of nitrogens with two attached hydrogens (primary N) is 2. The Morgan fingerprint density at radius 3 is 2.51 bits per heavy atom. The number of hydrogen-bond acceptors (Lipinski definition) is 6. The number of carbonyl (C=O) groups is 2. The van der Waals surface area contributed by atoms with Crippen LogP contribution >= 0.6 is 0 Å². The Kier molecular flexibility index (Phi) is 7.03. The molecule has 1 aliphatic rings. The standard InChI is InChI=1S/C27H37N7O3/c1-26(2,3)37-25(36)32(5)12-11-27(4)13-20(14-27)34-23(28)21(24(29)35)22(31-34)19-15-30-33(17-19)16-18-9-7-6-8-10-18/h6-10,15,17,20H,11-14,16,28H2,1-5H3,(H2,29,35). The zero-order valence-electron chi connectivity index (χ0n) is 22.3. The molecule has 4 rings (SSSR count). The first-order valence-corrected chi connectivity index (χ1v) is 12.5. The van der Waals surface area contributed by atoms with Crippen molar-refractivity contribution < 1.29 is 14.3 Å². The van der Waals surface area contributed by atoms with Gasteiger partial charge in [0.25, 0.3) is 5.91 Å². The van der Waals surface area contributed by atoms with Crippen LogP contribution in [-0.4, -0.2) is 55.7 Å². The van der Waals surface area contributed by atoms with E-state index < -0.39 is 11.5 Å². The average molecular weight is 508 g/mol. The van der Waals surface area contributed by atoms with Crippen LogP contribution in [0, 0.1) is 5.41 Å². The van der Waals surface area contributed by atoms with E-state index >= 15 is 0 Å². The van der Waals surface area contributed by atoms with E-state index in [1.54, 1.807) is 27.5 Å². The van der Waals surface area contributed by atoms with Crippen molar-refractivity contribution in [3.8, 4) is 11.3 Å². The maximum atomic E-state index is 12.3. The second kappa shape index (κ2) is 9.91. The van der Waals surface area contributed by atoms with Gasteiger partial charge in [-0.3, -0.25) is 9.48 Å². The molecule has 10 heteroatoms. The van der Waals surface area contributed by atoms with Crippen molar-refractivity contribution in [1.29, 1.82) is 0 Å². The predicted molar refractivity (Wildman–Crippen MR) is 142 cm³/mol. The van der Waals surface area contributed by atoms with E-state index in [1.165, 1.54) is 0 Å². The molecule has 10 nitrogen and oxygen atoms in total. The number of aromatic nitrogens is 4. The fourth-order valence-electron chi connectivity index (χ4n) is 4.84. The largest absolute Gasteiger partial charge is 0.444 e. The minimum Gasteiger partial charge on any atom is -0.444 e. The lowest BCUT2D eigenvalue weighted by Crippen LogP contribution is -2.41. The molecule has 2 heterocycles. The van der Waals surface area contributed by atoms with E-state index in [2.05, 4.69) is 12.0 Å². The summed E-state index contributed by atoms with van der Waals surface area (Å²) in [5, 5.41) is 9.16. The lowest BCUT2D eigenvalue weighted by Gasteiger charge is -2.46. The molecule has 1 fully saturated rings. The van der Waals surface area contributed by atoms with Crippen LogP contribution in [0.5, 0.6) is 0 Å². The Labute approximate surface area is 217 Å². The molecule has 0 spiro atoms. The van der Waals surface area contributed by atoms with E-state index in [-0.39, 0.29) is 28.9 Å². The number of amides is 2. The number of rotatable bonds is 8. The lowest BCUT2D eigenvalue weighted by atomic mass is 9.65. The minimum atomic E-state index is -0.615. The fourth-order valence-corrected chi connectivity index (χ4v) is 4.84. The van der Waals surface area contributed by atoms with Crippen molar-refractivity contribution in [1.82, 2.24) is 24.5 Å². The number of ether oxygens (including phenoxy) is 1. The molecule has 3 aromatic rings. The number of carbonyl (C=O) groups excluding carboxylic acids is 2. The highest BCUT2D eigenvalue weighted by atomic mass is 16.6. The summed E-state index contributed by atoms with van der Waals surface area (Å²) in [6.07, 6.45) is 5.67. The van der Waals surface area contributed by atoms with Gasteiger partial charge in [-0.25, -0.2) is 9.48 Å². The van der Waals surface area contributed by atoms with Crippen LogP contribution in [0.3, 0.4) is 0 Å². The maximum absolute atomic E-state index is 12.3. The van der Waals surface area contributed by atoms with Crippen LogP contribution in [0.25, 0.3) is 11.3 Å². The van der Waals surface area contributed by atoms with Crippen molar-refractivity contribution in [2.45, 2.75) is 65.1 Å². The molecule has 1 aliphatic carbocycles. The smallest absolute Gasteiger partial charge is 0.410 e. The molecular weight excluding hydrogens is 470 g/mol. The third-order valence-corrected chi connectivity index (χ3v) is 6.85. The Hall–Kier alpha value is -3.82. The molecule has 1 aromatic carbocycles. The molecule has 0 bridgehead atoms. The van der Waals surface area contributed by atoms with Crippen molar-refractivity contribution in [2.24, 2.45) is 11.1 Å². The van der Waals surface area contributed by atoms with Gasteiger partial charge in [0, 0.05) is 25.4 Å². The Balaban J connectivity index is 1.44. The molecule has 2 aromatic heterocycles. The molecule has 0 aliphatic heterocycles. The van der Waals surface area contributed by atoms with Crippen LogP contribution in [0.15, 0.2) is 42.7 Å². The lowest BCUT2D eigenvalue weighted by molar-refractivity contribution is 0.0197. The van der Waals surface area contributed by atoms with E-state index in [9.17, 15) is 9.59 Å². The zero-order valence-corrected chi connectivity index (χ0v) is 22.3. The van der Waals surface area contributed by atoms with Crippen molar-refractivity contribution in [2.75, 3.05) is 19.3 Å². The second-order valence-corrected chi connectivity index (χ2v) is 11.4. The fraction of sp³-hybridized carbons (Fsp3) is 0.481. The SMILES string of the molecule is CN(CCC1(C)CC(n2nc(-c3cnn(Cc4ccccc4)c3)c(C(N)=O)c2N)C1)C(=O)OC(C)(C)C. The third kappa shape index (κ3) is 5.95. The Morgan fingerprint density at radius 2 is 1.89 bits per heavy atom. The summed E-state index contributed by atoms with van der Waals surface area (Å²) in [7, 11) is 1.75. The molecule has 1 saturated carbocycles. The normalized spacial score (nSPS) is 19.3. The molecule has 0 atom stereocenters. The molecule has 4 N–H and O–H groups in total. The zero-order chi connectivity index (χ0) is 27.0. The highest BCUT2D eigenvalue weighted by molar-refractivity contribution is 6.03. The van der Waals surface area contributed by atoms with E-state index in [4.69, 9.17) is 21.3 Å². The first kappa shape index (κ1) is 26.2. The number of anilines is 1. The number of hydrogen-bond donors (Lipinski definition) is 2. The third-order valence-electron chi connectivity index (χ3n) is 6.85. The van der Waals surface area contributed by atoms with Crippen LogP contribution < -0.4 is 11.5 Å². The van der Waals surface area contributed by atoms with Crippen LogP contribution in [0.4, 0.5) is 10.6 Å². The van der Waals surface area contributed by atoms with Gasteiger partial charge in [-0.05, 0) is 51.0 Å². The van der Waals surface area contributed by atoms with Crippen molar-refractivity contribution in [3.63, 3.8) is 0 Å². The Morgan fingerprint density at radius 1 is 1.22 bits per heavy atom. The van der Waals surface area contributed by atoms with E-state index in [0.29, 0.717) is 24.3 Å². The highest BCUT2D eigenvalue weighted by Gasteiger charge is 2.43. The summed E-state index contributed by atoms with van der Waals surface area (Å²) in [6, 6.07) is 10.0. The monoisotopic (exact) mass is 507 g/mol. The van der Waals surface area contributed by atoms with Crippen LogP contribution in [0.2, 0.25) is 0 Å². The number of nitrogen functional groups attached to an aromatic ring is 1. The van der Waals surface area contributed by atoms with Crippen LogP contribution in [-0.2, 0) is 11.3 Å². The summed E-state index contributed by atoms with van der Waals surface area (Å²) in [5.74, 6) is -0.341. The number of nitrogens with zero attached hydrogens (tertiary/aromatic N) is 5. The second-order valence-electron chi connectivity index (χ2n) is 11.4. The molecule has 37 heavy (non-hydrogen) atoms. The summed E-state index contributed by atoms with van der Waals surface area (Å²) < 4.78 is 8.97. The average Bonchev–Trinajstić information content (AvgIpc) is 3.39. The summed E-state index contributed by atoms with van der Waals surface area (Å²) in [4.78, 5) is 26.2. The first-order chi connectivity index (χ1) is 17.3. The van der Waals surface area contributed by atoms with Crippen LogP contribution in [0.1, 0.15) is 68.9 Å². The summed E-state index contributed by atoms with van der Waals surface area (Å²) in [6.45, 7) is 8.94. The first-order valence-electron chi connectivity index (χ1n) is 12.5. The maximum Gasteiger partial charge on any atom is 0.410 e. The Bertz CT molecular complexity index is 1270. The molecular formula is C27H37N7O3. The summed E-state index contributed by atoms with van der Waals surface area (Å²) in [5.41, 5.74) is 14.1. The van der Waals surface area contributed by atoms with Gasteiger partial charge >= 0.3 is 6.09 Å². The highest BCUT2D eigenvalue weighted by Crippen LogP contribution is 2.51. The minimum absolute atomic E-state index is 0.0208.